The molecule has 0 amide bonds. The summed E-state index contributed by atoms with van der Waals surface area (Å²) in [7, 11) is 20.2. The van der Waals surface area contributed by atoms with Crippen LogP contribution in [0, 0.1) is 84.0 Å². The van der Waals surface area contributed by atoms with Gasteiger partial charge in [-0.05, 0) is 172 Å². The van der Waals surface area contributed by atoms with Gasteiger partial charge in [0.2, 0.25) is 35.8 Å². The lowest BCUT2D eigenvalue weighted by Crippen LogP contribution is -2.45. The highest BCUT2D eigenvalue weighted by atomic mass is 16.4. The summed E-state index contributed by atoms with van der Waals surface area (Å²) < 4.78 is 48.2. The van der Waals surface area contributed by atoms with Crippen LogP contribution in [0.25, 0.3) is 0 Å². The zero-order valence-corrected chi connectivity index (χ0v) is 82.2. The normalized spacial score (nSPS) is 11.5. The summed E-state index contributed by atoms with van der Waals surface area (Å²) in [5.41, 5.74) is 96.4. The Balaban J connectivity index is 0.000000776. The molecule has 0 atom stereocenters. The van der Waals surface area contributed by atoms with Crippen LogP contribution in [0.3, 0.4) is 0 Å². The van der Waals surface area contributed by atoms with Crippen molar-refractivity contribution in [3.63, 3.8) is 0 Å². The fourth-order valence-electron chi connectivity index (χ4n) is 9.60. The van der Waals surface area contributed by atoms with E-state index in [9.17, 15) is 0 Å². The van der Waals surface area contributed by atoms with Crippen LogP contribution in [-0.4, -0.2) is 226 Å². The van der Waals surface area contributed by atoms with Gasteiger partial charge in [-0.1, -0.05) is 0 Å². The van der Waals surface area contributed by atoms with E-state index in [4.69, 9.17) is 165 Å². The molecule has 0 aliphatic heterocycles. The summed E-state index contributed by atoms with van der Waals surface area (Å²) in [4.78, 5) is 64.9. The highest BCUT2D eigenvalue weighted by Crippen LogP contribution is 2.16. The summed E-state index contributed by atoms with van der Waals surface area (Å²) in [6, 6.07) is 33.7. The molecule has 138 heavy (non-hydrogen) atoms. The van der Waals surface area contributed by atoms with Crippen molar-refractivity contribution in [1.29, 1.82) is 21.6 Å². The average Bonchev–Trinajstić information content (AvgIpc) is 1.71. The molecule has 54 nitrogen and oxygen atoms in total. The van der Waals surface area contributed by atoms with Gasteiger partial charge in [-0.3, -0.25) is 56.7 Å². The fraction of sp³-hybridized carbons (Fsp3) is 0.357. The van der Waals surface area contributed by atoms with Gasteiger partial charge in [0.25, 0.3) is 0 Å². The Morgan fingerprint density at radius 3 is 0.928 bits per heavy atom. The molecule has 0 saturated carbocycles. The van der Waals surface area contributed by atoms with Gasteiger partial charge in [-0.25, -0.2) is 20.0 Å². The third-order valence-corrected chi connectivity index (χ3v) is 16.6. The minimum absolute atomic E-state index is 0.00375. The second-order valence-corrected chi connectivity index (χ2v) is 29.0. The molecular weight excluding hydrogens is 1780 g/mol. The molecular formula is C84H141N45O9. The van der Waals surface area contributed by atoms with Crippen LogP contribution < -0.4 is 114 Å². The van der Waals surface area contributed by atoms with Crippen molar-refractivity contribution in [2.75, 3.05) is 84.6 Å². The molecule has 9 aromatic heterocycles. The van der Waals surface area contributed by atoms with Crippen LogP contribution in [0.15, 0.2) is 219 Å². The zero-order chi connectivity index (χ0) is 105. The van der Waals surface area contributed by atoms with Crippen LogP contribution in [0.1, 0.15) is 104 Å². The maximum absolute atomic E-state index is 7.78. The minimum Gasteiger partial charge on any atom is -0.465 e. The van der Waals surface area contributed by atoms with Crippen molar-refractivity contribution in [2.45, 2.75) is 121 Å². The molecule has 9 heterocycles. The number of hydrogen-bond acceptors (Lipinski definition) is 21. The van der Waals surface area contributed by atoms with E-state index in [1.807, 2.05) is 179 Å². The number of nitrogens with two attached hydrogens (primary N) is 18. The van der Waals surface area contributed by atoms with Crippen molar-refractivity contribution >= 4 is 107 Å². The lowest BCUT2D eigenvalue weighted by molar-refractivity contribution is 0.375. The first kappa shape index (κ1) is 118. The van der Waals surface area contributed by atoms with Crippen molar-refractivity contribution < 1.29 is 39.8 Å². The molecule has 0 fully saturated rings. The smallest absolute Gasteiger partial charge is 0.223 e. The Morgan fingerprint density at radius 1 is 0.290 bits per heavy atom. The van der Waals surface area contributed by atoms with Gasteiger partial charge in [0.05, 0.1) is 32.7 Å². The molecule has 42 N–H and O–H groups in total. The highest BCUT2D eigenvalue weighted by Gasteiger charge is 2.16. The van der Waals surface area contributed by atoms with Gasteiger partial charge in [0.15, 0.2) is 71.5 Å². The Labute approximate surface area is 801 Å². The quantitative estimate of drug-likeness (QED) is 0.0429. The number of rotatable bonds is 18. The second kappa shape index (κ2) is 62.5. The van der Waals surface area contributed by atoms with E-state index in [-0.39, 0.29) is 83.4 Å². The van der Waals surface area contributed by atoms with E-state index in [1.165, 1.54) is 9.80 Å². The number of aryl methyl sites for hydroxylation is 9. The molecule has 54 heteroatoms. The van der Waals surface area contributed by atoms with Crippen molar-refractivity contribution in [3.05, 3.63) is 213 Å². The Bertz CT molecular complexity index is 5650. The zero-order valence-electron chi connectivity index (χ0n) is 82.2. The number of guanidine groups is 18. The molecule has 0 saturated heterocycles. The predicted octanol–water partition coefficient (Wildman–Crippen LogP) is 1.62. The number of nitrogens with zero attached hydrogens (tertiary/aromatic N) is 21. The Kier molecular flexibility index (Phi) is 53.5. The van der Waals surface area contributed by atoms with Crippen LogP contribution in [-0.2, 0) is 58.9 Å². The average molecular weight is 1930 g/mol. The molecule has 9 rings (SSSR count). The van der Waals surface area contributed by atoms with Crippen LogP contribution in [0.2, 0.25) is 0 Å². The van der Waals surface area contributed by atoms with E-state index in [2.05, 4.69) is 80.5 Å². The lowest BCUT2D eigenvalue weighted by atomic mass is 10.4. The van der Waals surface area contributed by atoms with Gasteiger partial charge in [0.1, 0.15) is 130 Å². The first-order valence-electron chi connectivity index (χ1n) is 41.2. The van der Waals surface area contributed by atoms with E-state index in [1.54, 1.807) is 102 Å². The topological polar surface area (TPSA) is 902 Å². The molecule has 0 unspecified atom stereocenters. The Hall–Kier alpha value is -17.8. The summed E-state index contributed by atoms with van der Waals surface area (Å²) in [5, 5.41) is 35.2. The lowest BCUT2D eigenvalue weighted by Gasteiger charge is -2.25. The number of furan rings is 9. The van der Waals surface area contributed by atoms with Gasteiger partial charge in [0, 0.05) is 84.6 Å². The molecule has 0 spiro atoms. The number of hydrogen-bond donors (Lipinski definition) is 24. The van der Waals surface area contributed by atoms with Crippen LogP contribution >= 0.6 is 0 Å². The van der Waals surface area contributed by atoms with E-state index in [0.29, 0.717) is 82.7 Å². The first-order chi connectivity index (χ1) is 64.7. The van der Waals surface area contributed by atoms with Gasteiger partial charge >= 0.3 is 0 Å². The van der Waals surface area contributed by atoms with Crippen molar-refractivity contribution in [3.8, 4) is 0 Å². The largest absolute Gasteiger partial charge is 0.465 e. The second-order valence-electron chi connectivity index (χ2n) is 29.0. The molecule has 0 radical (unpaired) electrons. The van der Waals surface area contributed by atoms with Crippen LogP contribution in [0.4, 0.5) is 0 Å². The van der Waals surface area contributed by atoms with Gasteiger partial charge in [-0.15, -0.1) is 0 Å². The number of nitrogens with one attached hydrogen (secondary N) is 6. The number of aliphatic imine (C=N–C) groups is 14. The fourth-order valence-corrected chi connectivity index (χ4v) is 9.60. The van der Waals surface area contributed by atoms with E-state index < -0.39 is 0 Å². The van der Waals surface area contributed by atoms with Gasteiger partial charge in [-0.2, -0.15) is 30.0 Å². The Morgan fingerprint density at radius 2 is 0.609 bits per heavy atom. The third-order valence-electron chi connectivity index (χ3n) is 16.6. The highest BCUT2D eigenvalue weighted by molar-refractivity contribution is 5.99. The molecule has 0 bridgehead atoms. The molecule has 756 valence electrons. The van der Waals surface area contributed by atoms with Crippen molar-refractivity contribution in [2.24, 2.45) is 173 Å². The van der Waals surface area contributed by atoms with Crippen molar-refractivity contribution in [1.82, 2.24) is 44.9 Å². The van der Waals surface area contributed by atoms with Gasteiger partial charge < -0.3 is 173 Å². The monoisotopic (exact) mass is 1920 g/mol. The minimum atomic E-state index is -0.160. The maximum Gasteiger partial charge on any atom is 0.223 e. The van der Waals surface area contributed by atoms with E-state index >= 15 is 0 Å². The molecule has 0 aliphatic rings. The molecule has 0 aliphatic carbocycles. The third kappa shape index (κ3) is 52.3. The molecule has 9 aromatic rings. The summed E-state index contributed by atoms with van der Waals surface area (Å²) in [6.07, 6.45) is 0. The maximum atomic E-state index is 7.78. The van der Waals surface area contributed by atoms with Crippen LogP contribution in [0.5, 0.6) is 0 Å². The first-order valence-corrected chi connectivity index (χ1v) is 41.2. The summed E-state index contributed by atoms with van der Waals surface area (Å²) in [6.45, 7) is 20.8. The molecule has 0 aromatic carbocycles. The van der Waals surface area contributed by atoms with E-state index in [0.717, 1.165) is 104 Å². The summed E-state index contributed by atoms with van der Waals surface area (Å²) in [5.74, 6) is 16.6. The SMILES string of the molecule is CN=C(N)N=C(N)N(C)Cc1ccc(C)o1.CN=C(N)NC(N)=NCc1ccc(C)o1.CN=C(N=C(N)N)N(C)Cc1ccc(C)o1.CN=C(N=C(N)N)NCc1ccc(C)o1.Cc1ccc(CN(C)C(=N)N(C)C(=N)N)o1.Cc1ccc(CN(C)C(=N)N=C(N)N)o1.Cc1ccc(CN=C(N)N(C)C(=N)N)o1.Cc1ccc(CN=C(N)N=C(N)N(C)C)o1.Cc1ccc(CN=C(N)N=C(N)N)o1. The standard InChI is InChI=1S/4C10H17N5O.4C9H15N5O.C8H13N5O/c1-7-4-5-8(16-7)6-13-9(11)14-10(12)15(2)3;1-7-4-5-8(16-7)6-15(3)10(12)14-9(11)13-2;1-7-4-5-8(16-7)6-14(2)10(13)15(3)9(11)12;1-7-4-5-8(16-7)6-15(3)10(13-2)14-9(11)12;1-6-3-4-7(15-6)5-13-9(11)14-8(10)12-2;1-6-3-4-7(15-6)5-14(2)9(12)13-8(10)11;1-6-3-4-7(15-6)5-13-9(12)14(2)8(10)11;1-6-3-4-7(15-6)5-13-9(12-2)14-8(10)11;1-5-2-3-6(14-5)4-12-8(11)13-7(9)10/h2*4-5H,6H2,1-3H3,(H4,11,12,13,14);4-5,13H,6H2,1-3H3,(H3,11,12);4-5H,6H2,1-3H3,(H4,11,12,13,14);3-4H,5H2,1-2H3,(H5,10,11,12,13,14);3-4H,5H2,1-2H3,(H5,10,11,12,13);3-4H,5H2,1-2H3,(H3,10,11)(H2,12,13);3-4H,5H2,1-2H3,(H5,10,11,12,13,14);2-3H,4H2,1H3,(H6,9,10,11,12,13). The predicted molar refractivity (Wildman–Crippen MR) is 545 cm³/mol. The summed E-state index contributed by atoms with van der Waals surface area (Å²) >= 11 is 0.